The number of carbonyl (C=O) groups is 2. The third-order valence-corrected chi connectivity index (χ3v) is 4.53. The van der Waals surface area contributed by atoms with Gasteiger partial charge in [0.15, 0.2) is 0 Å². The summed E-state index contributed by atoms with van der Waals surface area (Å²) in [7, 11) is 0. The third-order valence-electron chi connectivity index (χ3n) is 4.53. The molecule has 2 rings (SSSR count). The molecular weight excluding hydrogens is 314 g/mol. The molecule has 2 N–H and O–H groups in total. The van der Waals surface area contributed by atoms with Gasteiger partial charge in [-0.3, -0.25) is 9.59 Å². The first-order chi connectivity index (χ1) is 11.8. The summed E-state index contributed by atoms with van der Waals surface area (Å²) in [6.45, 7) is 9.25. The van der Waals surface area contributed by atoms with Crippen molar-refractivity contribution in [1.29, 1.82) is 0 Å². The maximum Gasteiger partial charge on any atom is 0.246 e. The Morgan fingerprint density at radius 2 is 1.64 bits per heavy atom. The highest BCUT2D eigenvalue weighted by molar-refractivity contribution is 5.99. The van der Waals surface area contributed by atoms with Gasteiger partial charge in [0.2, 0.25) is 11.8 Å². The fourth-order valence-electron chi connectivity index (χ4n) is 2.89. The van der Waals surface area contributed by atoms with E-state index in [0.29, 0.717) is 0 Å². The Kier molecular flexibility index (Phi) is 6.45. The lowest BCUT2D eigenvalue weighted by Crippen LogP contribution is -2.46. The summed E-state index contributed by atoms with van der Waals surface area (Å²) >= 11 is 0. The zero-order valence-corrected chi connectivity index (χ0v) is 15.9. The average molecular weight is 345 g/mol. The highest BCUT2D eigenvalue weighted by Gasteiger charge is 2.25. The third kappa shape index (κ3) is 5.48. The molecule has 1 unspecified atom stereocenters. The molecule has 138 valence electrons. The summed E-state index contributed by atoms with van der Waals surface area (Å²) in [4.78, 5) is 27.0. The fourth-order valence-corrected chi connectivity index (χ4v) is 2.89. The number of rotatable bonds is 4. The van der Waals surface area contributed by atoms with Gasteiger partial charge in [-0.15, -0.1) is 0 Å². The van der Waals surface area contributed by atoms with E-state index >= 15 is 0 Å². The highest BCUT2D eigenvalue weighted by atomic mass is 16.2. The van der Waals surface area contributed by atoms with Crippen LogP contribution >= 0.6 is 0 Å². The minimum absolute atomic E-state index is 0.129. The van der Waals surface area contributed by atoms with Crippen molar-refractivity contribution in [2.24, 2.45) is 5.41 Å². The molecule has 1 fully saturated rings. The predicted molar refractivity (Wildman–Crippen MR) is 103 cm³/mol. The summed E-state index contributed by atoms with van der Waals surface area (Å²) in [6.07, 6.45) is 4.89. The molecule has 0 spiro atoms. The van der Waals surface area contributed by atoms with Crippen LogP contribution in [0.15, 0.2) is 24.3 Å². The van der Waals surface area contributed by atoms with Crippen molar-refractivity contribution in [2.45, 2.75) is 59.4 Å². The smallest absolute Gasteiger partial charge is 0.246 e. The second-order valence-electron chi connectivity index (χ2n) is 7.85. The second-order valence-corrected chi connectivity index (χ2v) is 7.85. The first kappa shape index (κ1) is 19.3. The molecule has 5 heteroatoms. The molecule has 1 heterocycles. The van der Waals surface area contributed by atoms with Gasteiger partial charge in [0.25, 0.3) is 0 Å². The van der Waals surface area contributed by atoms with Crippen LogP contribution in [0.5, 0.6) is 0 Å². The van der Waals surface area contributed by atoms with Crippen molar-refractivity contribution in [1.82, 2.24) is 5.32 Å². The number of benzene rings is 1. The maximum absolute atomic E-state index is 12.5. The van der Waals surface area contributed by atoms with Crippen LogP contribution in [-0.4, -0.2) is 30.9 Å². The number of amides is 2. The van der Waals surface area contributed by atoms with Crippen LogP contribution in [0.4, 0.5) is 11.4 Å². The van der Waals surface area contributed by atoms with Gasteiger partial charge in [0.05, 0.1) is 11.4 Å². The quantitative estimate of drug-likeness (QED) is 0.877. The molecule has 1 atom stereocenters. The lowest BCUT2D eigenvalue weighted by molar-refractivity contribution is -0.131. The van der Waals surface area contributed by atoms with Crippen LogP contribution < -0.4 is 15.5 Å². The molecule has 2 amide bonds. The van der Waals surface area contributed by atoms with Crippen molar-refractivity contribution in [2.75, 3.05) is 23.3 Å². The van der Waals surface area contributed by atoms with E-state index in [1.165, 1.54) is 25.7 Å². The Labute approximate surface area is 151 Å². The molecule has 0 aromatic heterocycles. The number of hydrogen-bond acceptors (Lipinski definition) is 3. The first-order valence-electron chi connectivity index (χ1n) is 9.25. The monoisotopic (exact) mass is 345 g/mol. The van der Waals surface area contributed by atoms with Gasteiger partial charge in [-0.2, -0.15) is 0 Å². The van der Waals surface area contributed by atoms with Crippen molar-refractivity contribution in [3.05, 3.63) is 24.3 Å². The highest BCUT2D eigenvalue weighted by Crippen LogP contribution is 2.28. The van der Waals surface area contributed by atoms with E-state index in [-0.39, 0.29) is 11.8 Å². The number of hydrogen-bond donors (Lipinski definition) is 2. The second kappa shape index (κ2) is 8.37. The molecule has 0 bridgehead atoms. The predicted octanol–water partition coefficient (Wildman–Crippen LogP) is 3.56. The van der Waals surface area contributed by atoms with Gasteiger partial charge in [0, 0.05) is 18.5 Å². The summed E-state index contributed by atoms with van der Waals surface area (Å²) in [6, 6.07) is 7.33. The van der Waals surface area contributed by atoms with Crippen LogP contribution in [0.25, 0.3) is 0 Å². The van der Waals surface area contributed by atoms with E-state index in [1.54, 1.807) is 6.92 Å². The van der Waals surface area contributed by atoms with Gasteiger partial charge in [-0.1, -0.05) is 45.7 Å². The molecule has 5 nitrogen and oxygen atoms in total. The van der Waals surface area contributed by atoms with Gasteiger partial charge >= 0.3 is 0 Å². The van der Waals surface area contributed by atoms with Crippen LogP contribution in [0.3, 0.4) is 0 Å². The SMILES string of the molecule is CC(NC(=O)C(C)(C)C)C(=O)Nc1ccccc1N1CCCCCC1. The van der Waals surface area contributed by atoms with E-state index in [2.05, 4.69) is 21.6 Å². The molecular formula is C20H31N3O2. The minimum atomic E-state index is -0.580. The molecule has 0 aliphatic carbocycles. The normalized spacial score (nSPS) is 16.7. The molecule has 1 aromatic rings. The zero-order valence-electron chi connectivity index (χ0n) is 15.9. The fraction of sp³-hybridized carbons (Fsp3) is 0.600. The molecule has 1 aromatic carbocycles. The van der Waals surface area contributed by atoms with Crippen LogP contribution in [0, 0.1) is 5.41 Å². The van der Waals surface area contributed by atoms with Crippen molar-refractivity contribution < 1.29 is 9.59 Å². The molecule has 0 saturated carbocycles. The minimum Gasteiger partial charge on any atom is -0.370 e. The average Bonchev–Trinajstić information content (AvgIpc) is 2.83. The Bertz CT molecular complexity index is 599. The van der Waals surface area contributed by atoms with Crippen LogP contribution in [0.2, 0.25) is 0 Å². The number of nitrogens with one attached hydrogen (secondary N) is 2. The topological polar surface area (TPSA) is 61.4 Å². The molecule has 1 aliphatic heterocycles. The van der Waals surface area contributed by atoms with E-state index < -0.39 is 11.5 Å². The standard InChI is InChI=1S/C20H31N3O2/c1-15(21-19(25)20(2,3)4)18(24)22-16-11-7-8-12-17(16)23-13-9-5-6-10-14-23/h7-8,11-12,15H,5-6,9-10,13-14H2,1-4H3,(H,21,25)(H,22,24). The van der Waals surface area contributed by atoms with E-state index in [0.717, 1.165) is 24.5 Å². The van der Waals surface area contributed by atoms with Crippen molar-refractivity contribution in [3.8, 4) is 0 Å². The van der Waals surface area contributed by atoms with Crippen LogP contribution in [-0.2, 0) is 9.59 Å². The lowest BCUT2D eigenvalue weighted by Gasteiger charge is -2.26. The van der Waals surface area contributed by atoms with E-state index in [4.69, 9.17) is 0 Å². The number of anilines is 2. The Morgan fingerprint density at radius 1 is 1.04 bits per heavy atom. The summed E-state index contributed by atoms with van der Waals surface area (Å²) in [5, 5.41) is 5.77. The molecule has 25 heavy (non-hydrogen) atoms. The number of para-hydroxylation sites is 2. The molecule has 1 aliphatic rings. The van der Waals surface area contributed by atoms with Crippen molar-refractivity contribution in [3.63, 3.8) is 0 Å². The van der Waals surface area contributed by atoms with Gasteiger partial charge in [0.1, 0.15) is 6.04 Å². The summed E-state index contributed by atoms with van der Waals surface area (Å²) < 4.78 is 0. The largest absolute Gasteiger partial charge is 0.370 e. The van der Waals surface area contributed by atoms with E-state index in [9.17, 15) is 9.59 Å². The summed E-state index contributed by atoms with van der Waals surface area (Å²) in [5.74, 6) is -0.323. The van der Waals surface area contributed by atoms with E-state index in [1.807, 2.05) is 39.0 Å². The zero-order chi connectivity index (χ0) is 18.4. The van der Waals surface area contributed by atoms with Gasteiger partial charge in [-0.25, -0.2) is 0 Å². The Balaban J connectivity index is 2.06. The Hall–Kier alpha value is -2.04. The molecule has 1 saturated heterocycles. The number of carbonyl (C=O) groups excluding carboxylic acids is 2. The maximum atomic E-state index is 12.5. The first-order valence-corrected chi connectivity index (χ1v) is 9.25. The lowest BCUT2D eigenvalue weighted by atomic mass is 9.95. The molecule has 0 radical (unpaired) electrons. The van der Waals surface area contributed by atoms with Crippen LogP contribution in [0.1, 0.15) is 53.4 Å². The summed E-state index contributed by atoms with van der Waals surface area (Å²) in [5.41, 5.74) is 1.36. The number of nitrogens with zero attached hydrogens (tertiary/aromatic N) is 1. The van der Waals surface area contributed by atoms with Crippen molar-refractivity contribution >= 4 is 23.2 Å². The van der Waals surface area contributed by atoms with Gasteiger partial charge < -0.3 is 15.5 Å². The van der Waals surface area contributed by atoms with Gasteiger partial charge in [-0.05, 0) is 31.9 Å². The Morgan fingerprint density at radius 3 is 2.24 bits per heavy atom.